The van der Waals surface area contributed by atoms with Gasteiger partial charge in [-0.05, 0) is 51.1 Å². The zero-order valence-corrected chi connectivity index (χ0v) is 15.3. The minimum absolute atomic E-state index is 0.0277. The van der Waals surface area contributed by atoms with Crippen LogP contribution in [0.25, 0.3) is 0 Å². The van der Waals surface area contributed by atoms with Gasteiger partial charge in [-0.3, -0.25) is 14.5 Å². The van der Waals surface area contributed by atoms with E-state index in [1.807, 2.05) is 0 Å². The summed E-state index contributed by atoms with van der Waals surface area (Å²) in [5.41, 5.74) is 0.339. The molecule has 1 fully saturated rings. The molecule has 1 saturated carbocycles. The molecule has 150 valence electrons. The third kappa shape index (κ3) is 7.09. The van der Waals surface area contributed by atoms with Gasteiger partial charge in [0, 0.05) is 11.7 Å². The van der Waals surface area contributed by atoms with Gasteiger partial charge in [-0.15, -0.1) is 13.2 Å². The van der Waals surface area contributed by atoms with Crippen LogP contribution >= 0.6 is 0 Å². The fourth-order valence-electron chi connectivity index (χ4n) is 2.90. The van der Waals surface area contributed by atoms with E-state index in [0.29, 0.717) is 5.69 Å². The Morgan fingerprint density at radius 3 is 2.37 bits per heavy atom. The number of hydrogen-bond donors (Lipinski definition) is 2. The largest absolute Gasteiger partial charge is 0.573 e. The highest BCUT2D eigenvalue weighted by Gasteiger charge is 2.31. The number of nitrogens with zero attached hydrogens (tertiary/aromatic N) is 1. The van der Waals surface area contributed by atoms with Crippen molar-refractivity contribution in [2.45, 2.75) is 51.1 Å². The van der Waals surface area contributed by atoms with Gasteiger partial charge in [0.1, 0.15) is 5.75 Å². The summed E-state index contributed by atoms with van der Waals surface area (Å²) < 4.78 is 40.2. The van der Waals surface area contributed by atoms with Gasteiger partial charge in [-0.2, -0.15) is 0 Å². The summed E-state index contributed by atoms with van der Waals surface area (Å²) in [6.07, 6.45) is -0.565. The fraction of sp³-hybridized carbons (Fsp3) is 0.556. The van der Waals surface area contributed by atoms with Crippen LogP contribution in [0.1, 0.15) is 32.6 Å². The molecule has 0 bridgehead atoms. The van der Waals surface area contributed by atoms with Crippen molar-refractivity contribution >= 4 is 17.5 Å². The number of hydrogen-bond acceptors (Lipinski definition) is 4. The summed E-state index contributed by atoms with van der Waals surface area (Å²) in [5.74, 6) is -0.858. The number of amides is 2. The van der Waals surface area contributed by atoms with Crippen molar-refractivity contribution in [3.63, 3.8) is 0 Å². The maximum absolute atomic E-state index is 12.2. The second-order valence-corrected chi connectivity index (χ2v) is 6.70. The number of halogens is 3. The molecular formula is C18H24F3N3O3. The quantitative estimate of drug-likeness (QED) is 0.755. The first-order chi connectivity index (χ1) is 12.6. The van der Waals surface area contributed by atoms with E-state index in [-0.39, 0.29) is 30.2 Å². The van der Waals surface area contributed by atoms with Gasteiger partial charge in [-0.25, -0.2) is 0 Å². The molecule has 1 aliphatic carbocycles. The number of alkyl halides is 3. The Morgan fingerprint density at radius 2 is 1.81 bits per heavy atom. The fourth-order valence-corrected chi connectivity index (χ4v) is 2.90. The molecule has 27 heavy (non-hydrogen) atoms. The Kier molecular flexibility index (Phi) is 7.06. The van der Waals surface area contributed by atoms with E-state index in [4.69, 9.17) is 0 Å². The summed E-state index contributed by atoms with van der Waals surface area (Å²) in [6.45, 7) is 1.70. The lowest BCUT2D eigenvalue weighted by molar-refractivity contribution is -0.274. The molecule has 1 atom stereocenters. The van der Waals surface area contributed by atoms with Crippen molar-refractivity contribution < 1.29 is 27.5 Å². The van der Waals surface area contributed by atoms with Crippen molar-refractivity contribution in [1.82, 2.24) is 10.2 Å². The van der Waals surface area contributed by atoms with Gasteiger partial charge in [-0.1, -0.05) is 12.8 Å². The summed E-state index contributed by atoms with van der Waals surface area (Å²) in [7, 11) is 1.67. The molecule has 0 saturated heterocycles. The Balaban J connectivity index is 1.80. The smallest absolute Gasteiger partial charge is 0.406 e. The third-order valence-corrected chi connectivity index (χ3v) is 4.51. The Labute approximate surface area is 156 Å². The Bertz CT molecular complexity index is 643. The predicted molar refractivity (Wildman–Crippen MR) is 94.2 cm³/mol. The van der Waals surface area contributed by atoms with Gasteiger partial charge in [0.05, 0.1) is 12.6 Å². The molecule has 0 heterocycles. The van der Waals surface area contributed by atoms with E-state index >= 15 is 0 Å². The number of carbonyl (C=O) groups is 2. The van der Waals surface area contributed by atoms with Gasteiger partial charge < -0.3 is 15.4 Å². The monoisotopic (exact) mass is 387 g/mol. The maximum Gasteiger partial charge on any atom is 0.573 e. The summed E-state index contributed by atoms with van der Waals surface area (Å²) in [6, 6.07) is 4.60. The second kappa shape index (κ2) is 9.07. The summed E-state index contributed by atoms with van der Waals surface area (Å²) >= 11 is 0. The number of ether oxygens (including phenoxy) is 1. The first-order valence-corrected chi connectivity index (χ1v) is 8.80. The molecule has 0 aliphatic heterocycles. The first-order valence-electron chi connectivity index (χ1n) is 8.80. The number of anilines is 1. The topological polar surface area (TPSA) is 70.7 Å². The van der Waals surface area contributed by atoms with Gasteiger partial charge >= 0.3 is 6.36 Å². The normalized spacial score (nSPS) is 16.2. The highest BCUT2D eigenvalue weighted by molar-refractivity contribution is 5.92. The van der Waals surface area contributed by atoms with Crippen LogP contribution in [-0.4, -0.2) is 48.8 Å². The minimum atomic E-state index is -4.76. The van der Waals surface area contributed by atoms with Crippen LogP contribution in [0.15, 0.2) is 24.3 Å². The highest BCUT2D eigenvalue weighted by atomic mass is 19.4. The average Bonchev–Trinajstić information content (AvgIpc) is 3.07. The minimum Gasteiger partial charge on any atom is -0.406 e. The lowest BCUT2D eigenvalue weighted by Crippen LogP contribution is -2.48. The Morgan fingerprint density at radius 1 is 1.22 bits per heavy atom. The Hall–Kier alpha value is -2.29. The van der Waals surface area contributed by atoms with Crippen molar-refractivity contribution in [2.75, 3.05) is 18.9 Å². The summed E-state index contributed by atoms with van der Waals surface area (Å²) in [4.78, 5) is 26.0. The molecule has 1 unspecified atom stereocenters. The lowest BCUT2D eigenvalue weighted by Gasteiger charge is -2.25. The van der Waals surface area contributed by atoms with Crippen LogP contribution in [0.4, 0.5) is 18.9 Å². The van der Waals surface area contributed by atoms with Crippen molar-refractivity contribution in [3.8, 4) is 5.75 Å². The molecule has 2 amide bonds. The predicted octanol–water partition coefficient (Wildman–Crippen LogP) is 2.90. The van der Waals surface area contributed by atoms with Crippen molar-refractivity contribution in [2.24, 2.45) is 0 Å². The molecule has 0 aromatic heterocycles. The van der Waals surface area contributed by atoms with Crippen LogP contribution in [0.2, 0.25) is 0 Å². The van der Waals surface area contributed by atoms with Crippen molar-refractivity contribution in [1.29, 1.82) is 0 Å². The van der Waals surface area contributed by atoms with E-state index in [2.05, 4.69) is 15.4 Å². The molecule has 6 nitrogen and oxygen atoms in total. The van der Waals surface area contributed by atoms with Crippen LogP contribution in [0.5, 0.6) is 5.75 Å². The molecule has 9 heteroatoms. The standard InChI is InChI=1S/C18H24F3N3O3/c1-12(17(26)23-13-5-3-4-6-13)24(2)11-16(25)22-14-7-9-15(10-8-14)27-18(19,20)21/h7-10,12-13H,3-6,11H2,1-2H3,(H,22,25)(H,23,26). The highest BCUT2D eigenvalue weighted by Crippen LogP contribution is 2.24. The summed E-state index contributed by atoms with van der Waals surface area (Å²) in [5, 5.41) is 5.57. The van der Waals surface area contributed by atoms with Gasteiger partial charge in [0.25, 0.3) is 0 Å². The van der Waals surface area contributed by atoms with E-state index in [0.717, 1.165) is 37.8 Å². The van der Waals surface area contributed by atoms with Crippen molar-refractivity contribution in [3.05, 3.63) is 24.3 Å². The SMILES string of the molecule is CC(C(=O)NC1CCCC1)N(C)CC(=O)Nc1ccc(OC(F)(F)F)cc1. The average molecular weight is 387 g/mol. The van der Waals surface area contributed by atoms with Gasteiger partial charge in [0.2, 0.25) is 11.8 Å². The van der Waals surface area contributed by atoms with Crippen LogP contribution in [0, 0.1) is 0 Å². The van der Waals surface area contributed by atoms with Crippen LogP contribution in [0.3, 0.4) is 0 Å². The zero-order chi connectivity index (χ0) is 20.0. The van der Waals surface area contributed by atoms with Crippen LogP contribution in [-0.2, 0) is 9.59 Å². The van der Waals surface area contributed by atoms with E-state index in [1.54, 1.807) is 18.9 Å². The van der Waals surface area contributed by atoms with E-state index in [9.17, 15) is 22.8 Å². The number of carbonyl (C=O) groups excluding carboxylic acids is 2. The molecule has 1 aromatic rings. The number of benzene rings is 1. The maximum atomic E-state index is 12.2. The number of rotatable bonds is 7. The number of nitrogens with one attached hydrogen (secondary N) is 2. The molecule has 1 aromatic carbocycles. The third-order valence-electron chi connectivity index (χ3n) is 4.51. The second-order valence-electron chi connectivity index (χ2n) is 6.70. The number of likely N-dealkylation sites (N-methyl/N-ethyl adjacent to an activating group) is 1. The molecule has 2 rings (SSSR count). The molecule has 0 radical (unpaired) electrons. The zero-order valence-electron chi connectivity index (χ0n) is 15.3. The molecule has 2 N–H and O–H groups in total. The van der Waals surface area contributed by atoms with Crippen LogP contribution < -0.4 is 15.4 Å². The molecule has 0 spiro atoms. The van der Waals surface area contributed by atoms with Gasteiger partial charge in [0.15, 0.2) is 0 Å². The van der Waals surface area contributed by atoms with E-state index < -0.39 is 12.4 Å². The molecule has 1 aliphatic rings. The molecular weight excluding hydrogens is 363 g/mol. The lowest BCUT2D eigenvalue weighted by atomic mass is 10.2. The first kappa shape index (κ1) is 21.0. The van der Waals surface area contributed by atoms with E-state index in [1.165, 1.54) is 12.1 Å².